The van der Waals surface area contributed by atoms with Crippen LogP contribution in [0.15, 0.2) is 59.8 Å². The Morgan fingerprint density at radius 2 is 1.78 bits per heavy atom. The molecule has 0 N–H and O–H groups in total. The van der Waals surface area contributed by atoms with Crippen LogP contribution in [-0.4, -0.2) is 60.3 Å². The number of aromatic nitrogens is 1. The molecule has 0 radical (unpaired) electrons. The molecule has 5 rings (SSSR count). The summed E-state index contributed by atoms with van der Waals surface area (Å²) in [6.07, 6.45) is 6.22. The minimum atomic E-state index is -0.638. The van der Waals surface area contributed by atoms with Crippen molar-refractivity contribution in [2.75, 3.05) is 25.1 Å². The van der Waals surface area contributed by atoms with E-state index in [0.29, 0.717) is 12.0 Å². The number of nitrogens with zero attached hydrogens (tertiary/aromatic N) is 4. The zero-order chi connectivity index (χ0) is 32.1. The van der Waals surface area contributed by atoms with Gasteiger partial charge in [-0.25, -0.2) is 4.79 Å². The quantitative estimate of drug-likeness (QED) is 0.160. The maximum absolute atomic E-state index is 14.0. The highest BCUT2D eigenvalue weighted by Gasteiger charge is 2.43. The van der Waals surface area contributed by atoms with Crippen molar-refractivity contribution in [3.63, 3.8) is 0 Å². The van der Waals surface area contributed by atoms with Gasteiger partial charge in [0.1, 0.15) is 12.1 Å². The maximum atomic E-state index is 14.0. The first-order valence-electron chi connectivity index (χ1n) is 16.1. The standard InChI is InChI=1S/C37H46N4O4/c1-24-10-15-30(16-11-24)35-25(2)12-19-33(37(43)44-6)41(35)36(42)31-17-13-29(14-18-31)22-38-45-27(4)23-40-20-8-7-9-32-34(40)21-26(3)28(5)39-32/h10-11,13-18,21-22,25,27,33,35H,7-9,12,19-20,23H2,1-6H3/t25-,27-,33-,35-/m0/s1. The molecule has 1 fully saturated rings. The van der Waals surface area contributed by atoms with E-state index in [1.165, 1.54) is 24.1 Å². The monoisotopic (exact) mass is 610 g/mol. The predicted octanol–water partition coefficient (Wildman–Crippen LogP) is 6.74. The summed E-state index contributed by atoms with van der Waals surface area (Å²) < 4.78 is 5.14. The van der Waals surface area contributed by atoms with Crippen LogP contribution in [0.4, 0.5) is 5.69 Å². The number of carbonyl (C=O) groups excluding carboxylic acids is 2. The van der Waals surface area contributed by atoms with Gasteiger partial charge >= 0.3 is 5.97 Å². The largest absolute Gasteiger partial charge is 0.467 e. The number of fused-ring (bicyclic) bond motifs is 1. The van der Waals surface area contributed by atoms with Crippen LogP contribution in [-0.2, 0) is 20.8 Å². The van der Waals surface area contributed by atoms with Crippen LogP contribution in [0.25, 0.3) is 0 Å². The topological polar surface area (TPSA) is 84.3 Å². The van der Waals surface area contributed by atoms with Gasteiger partial charge in [-0.1, -0.05) is 54.0 Å². The average Bonchev–Trinajstić information content (AvgIpc) is 3.22. The molecular formula is C37H46N4O4. The molecule has 1 aromatic heterocycles. The zero-order valence-corrected chi connectivity index (χ0v) is 27.5. The fraction of sp³-hybridized carbons (Fsp3) is 0.459. The van der Waals surface area contributed by atoms with E-state index < -0.39 is 6.04 Å². The predicted molar refractivity (Wildman–Crippen MR) is 178 cm³/mol. The number of ether oxygens (including phenoxy) is 1. The molecule has 2 aliphatic heterocycles. The number of hydrogen-bond donors (Lipinski definition) is 0. The van der Waals surface area contributed by atoms with Crippen molar-refractivity contribution in [2.45, 2.75) is 84.9 Å². The van der Waals surface area contributed by atoms with Crippen LogP contribution in [0.3, 0.4) is 0 Å². The molecule has 1 saturated heterocycles. The Labute approximate surface area is 267 Å². The molecule has 3 heterocycles. The van der Waals surface area contributed by atoms with Gasteiger partial charge in [0.05, 0.1) is 37.3 Å². The average molecular weight is 611 g/mol. The molecule has 0 bridgehead atoms. The normalized spacial score (nSPS) is 20.8. The van der Waals surface area contributed by atoms with Crippen LogP contribution in [0.1, 0.15) is 89.6 Å². The Morgan fingerprint density at radius 3 is 2.49 bits per heavy atom. The highest BCUT2D eigenvalue weighted by Crippen LogP contribution is 2.40. The number of hydrogen-bond acceptors (Lipinski definition) is 7. The molecule has 4 atom stereocenters. The van der Waals surface area contributed by atoms with Gasteiger partial charge in [-0.2, -0.15) is 0 Å². The summed E-state index contributed by atoms with van der Waals surface area (Å²) in [4.78, 5) is 41.7. The third-order valence-electron chi connectivity index (χ3n) is 9.23. The van der Waals surface area contributed by atoms with Crippen molar-refractivity contribution < 1.29 is 19.2 Å². The van der Waals surface area contributed by atoms with Gasteiger partial charge in [-0.15, -0.1) is 0 Å². The van der Waals surface area contributed by atoms with Crippen molar-refractivity contribution in [3.05, 3.63) is 93.8 Å². The fourth-order valence-electron chi connectivity index (χ4n) is 6.58. The number of anilines is 1. The highest BCUT2D eigenvalue weighted by molar-refractivity contribution is 5.98. The first-order valence-corrected chi connectivity index (χ1v) is 16.1. The summed E-state index contributed by atoms with van der Waals surface area (Å²) in [5.41, 5.74) is 8.18. The van der Waals surface area contributed by atoms with Gasteiger partial charge < -0.3 is 19.4 Å². The van der Waals surface area contributed by atoms with E-state index in [-0.39, 0.29) is 29.9 Å². The van der Waals surface area contributed by atoms with Crippen molar-refractivity contribution in [1.29, 1.82) is 0 Å². The molecule has 0 aliphatic carbocycles. The number of oxime groups is 1. The molecule has 238 valence electrons. The highest BCUT2D eigenvalue weighted by atomic mass is 16.6. The number of pyridine rings is 1. The molecule has 0 spiro atoms. The molecule has 3 aromatic rings. The summed E-state index contributed by atoms with van der Waals surface area (Å²) in [6, 6.07) is 16.9. The number of carbonyl (C=O) groups is 2. The third kappa shape index (κ3) is 7.38. The molecule has 1 amide bonds. The molecule has 0 unspecified atom stereocenters. The summed E-state index contributed by atoms with van der Waals surface area (Å²) in [6.45, 7) is 12.1. The van der Waals surface area contributed by atoms with Crippen LogP contribution >= 0.6 is 0 Å². The Kier molecular flexibility index (Phi) is 10.2. The molecule has 8 nitrogen and oxygen atoms in total. The summed E-state index contributed by atoms with van der Waals surface area (Å²) in [5.74, 6) is -0.378. The van der Waals surface area contributed by atoms with Gasteiger partial charge in [0.25, 0.3) is 5.91 Å². The van der Waals surface area contributed by atoms with Crippen molar-refractivity contribution in [2.24, 2.45) is 11.1 Å². The summed E-state index contributed by atoms with van der Waals surface area (Å²) >= 11 is 0. The lowest BCUT2D eigenvalue weighted by molar-refractivity contribution is -0.149. The fourth-order valence-corrected chi connectivity index (χ4v) is 6.58. The number of likely N-dealkylation sites (tertiary alicyclic amines) is 1. The van der Waals surface area contributed by atoms with E-state index in [2.05, 4.69) is 61.2 Å². The van der Waals surface area contributed by atoms with E-state index in [1.54, 1.807) is 23.2 Å². The van der Waals surface area contributed by atoms with Gasteiger partial charge in [0.2, 0.25) is 0 Å². The zero-order valence-electron chi connectivity index (χ0n) is 27.5. The number of piperidine rings is 1. The van der Waals surface area contributed by atoms with Crippen LogP contribution < -0.4 is 4.90 Å². The van der Waals surface area contributed by atoms with Gasteiger partial charge in [0.15, 0.2) is 0 Å². The number of rotatable bonds is 8. The van der Waals surface area contributed by atoms with Gasteiger partial charge in [-0.3, -0.25) is 9.78 Å². The van der Waals surface area contributed by atoms with Gasteiger partial charge in [-0.05, 0) is 101 Å². The van der Waals surface area contributed by atoms with E-state index >= 15 is 0 Å². The maximum Gasteiger partial charge on any atom is 0.328 e. The molecule has 2 aromatic carbocycles. The van der Waals surface area contributed by atoms with Gasteiger partial charge in [0, 0.05) is 17.8 Å². The molecule has 2 aliphatic rings. The lowest BCUT2D eigenvalue weighted by Crippen LogP contribution is -2.52. The lowest BCUT2D eigenvalue weighted by atomic mass is 9.82. The smallest absolute Gasteiger partial charge is 0.328 e. The summed E-state index contributed by atoms with van der Waals surface area (Å²) in [7, 11) is 1.38. The second-order valence-corrected chi connectivity index (χ2v) is 12.7. The molecule has 0 saturated carbocycles. The molecule has 8 heteroatoms. The molecule has 45 heavy (non-hydrogen) atoms. The Bertz CT molecular complexity index is 1520. The first kappa shape index (κ1) is 32.2. The van der Waals surface area contributed by atoms with E-state index in [9.17, 15) is 9.59 Å². The Hall–Kier alpha value is -4.20. The second-order valence-electron chi connectivity index (χ2n) is 12.7. The van der Waals surface area contributed by atoms with Crippen molar-refractivity contribution >= 4 is 23.8 Å². The van der Waals surface area contributed by atoms with E-state index in [1.807, 2.05) is 26.0 Å². The Morgan fingerprint density at radius 1 is 1.04 bits per heavy atom. The SMILES string of the molecule is COC(=O)[C@@H]1CC[C@H](C)[C@@H](c2ccc(C)cc2)N1C(=O)c1ccc(C=NO[C@@H](C)CN2CCCCc3nc(C)c(C)cc32)cc1. The van der Waals surface area contributed by atoms with E-state index in [0.717, 1.165) is 61.2 Å². The van der Waals surface area contributed by atoms with Crippen LogP contribution in [0.5, 0.6) is 0 Å². The number of amides is 1. The number of methoxy groups -OCH3 is 1. The van der Waals surface area contributed by atoms with E-state index in [4.69, 9.17) is 14.6 Å². The van der Waals surface area contributed by atoms with Crippen molar-refractivity contribution in [1.82, 2.24) is 9.88 Å². The third-order valence-corrected chi connectivity index (χ3v) is 9.23. The van der Waals surface area contributed by atoms with Crippen molar-refractivity contribution in [3.8, 4) is 0 Å². The number of esters is 1. The second kappa shape index (κ2) is 14.3. The number of aryl methyl sites for hydroxylation is 4. The first-order chi connectivity index (χ1) is 21.7. The minimum Gasteiger partial charge on any atom is -0.467 e. The van der Waals surface area contributed by atoms with Crippen LogP contribution in [0.2, 0.25) is 0 Å². The lowest BCUT2D eigenvalue weighted by Gasteiger charge is -2.44. The minimum absolute atomic E-state index is 0.121. The Balaban J connectivity index is 1.27. The summed E-state index contributed by atoms with van der Waals surface area (Å²) in [5, 5.41) is 4.27. The number of benzene rings is 2. The molecular weight excluding hydrogens is 564 g/mol. The van der Waals surface area contributed by atoms with Crippen LogP contribution in [0, 0.1) is 26.7 Å².